The van der Waals surface area contributed by atoms with E-state index >= 15 is 0 Å². The molecule has 3 amide bonds. The summed E-state index contributed by atoms with van der Waals surface area (Å²) < 4.78 is 0. The molecule has 0 spiro atoms. The number of hydrogen-bond donors (Lipinski definition) is 1. The van der Waals surface area contributed by atoms with Gasteiger partial charge in [-0.3, -0.25) is 10.1 Å². The Kier molecular flexibility index (Phi) is 1.38. The number of rotatable bonds is 1. The van der Waals surface area contributed by atoms with Crippen LogP contribution in [-0.2, 0) is 4.79 Å². The summed E-state index contributed by atoms with van der Waals surface area (Å²) >= 11 is 0. The third-order valence-electron chi connectivity index (χ3n) is 1.25. The average Bonchev–Trinajstić information content (AvgIpc) is 2.10. The van der Waals surface area contributed by atoms with Crippen molar-refractivity contribution in [1.29, 1.82) is 0 Å². The predicted molar refractivity (Wildman–Crippen MR) is 30.8 cm³/mol. The maximum Gasteiger partial charge on any atom is 0.324 e. The predicted octanol–water partition coefficient (Wildman–Crippen LogP) is -0.442. The molecule has 0 aromatic carbocycles. The van der Waals surface area contributed by atoms with E-state index in [1.165, 1.54) is 4.90 Å². The first-order valence-electron chi connectivity index (χ1n) is 2.82. The zero-order valence-corrected chi connectivity index (χ0v) is 5.18. The summed E-state index contributed by atoms with van der Waals surface area (Å²) in [6.45, 7) is 2.64. The molecule has 9 heavy (non-hydrogen) atoms. The molecule has 1 aliphatic heterocycles. The van der Waals surface area contributed by atoms with Crippen molar-refractivity contribution in [2.24, 2.45) is 0 Å². The molecule has 4 heteroatoms. The molecule has 1 N–H and O–H groups in total. The van der Waals surface area contributed by atoms with Gasteiger partial charge in [-0.15, -0.1) is 0 Å². The maximum absolute atomic E-state index is 10.6. The Morgan fingerprint density at radius 1 is 1.67 bits per heavy atom. The minimum atomic E-state index is -0.275. The highest BCUT2D eigenvalue weighted by Gasteiger charge is 2.24. The first-order chi connectivity index (χ1) is 4.24. The molecule has 50 valence electrons. The molecular formula is C5H8N2O2. The summed E-state index contributed by atoms with van der Waals surface area (Å²) in [4.78, 5) is 22.5. The van der Waals surface area contributed by atoms with Gasteiger partial charge in [-0.1, -0.05) is 0 Å². The first kappa shape index (κ1) is 6.07. The number of nitrogens with zero attached hydrogens (tertiary/aromatic N) is 1. The van der Waals surface area contributed by atoms with E-state index in [4.69, 9.17) is 0 Å². The van der Waals surface area contributed by atoms with E-state index in [0.717, 1.165) is 0 Å². The zero-order chi connectivity index (χ0) is 6.85. The smallest absolute Gasteiger partial charge is 0.315 e. The fourth-order valence-corrected chi connectivity index (χ4v) is 0.738. The van der Waals surface area contributed by atoms with Crippen molar-refractivity contribution in [2.45, 2.75) is 6.92 Å². The lowest BCUT2D eigenvalue weighted by Crippen LogP contribution is -2.27. The second kappa shape index (κ2) is 2.05. The van der Waals surface area contributed by atoms with Crippen LogP contribution in [0.25, 0.3) is 0 Å². The standard InChI is InChI=1S/C5H8N2O2/c1-2-7-3-4(8)6-5(7)9/h2-3H2,1H3,(H,6,8,9). The van der Waals surface area contributed by atoms with Crippen LogP contribution in [-0.4, -0.2) is 29.9 Å². The molecular weight excluding hydrogens is 120 g/mol. The topological polar surface area (TPSA) is 49.4 Å². The van der Waals surface area contributed by atoms with Gasteiger partial charge in [0, 0.05) is 6.54 Å². The molecule has 4 nitrogen and oxygen atoms in total. The molecule has 0 radical (unpaired) electrons. The van der Waals surface area contributed by atoms with E-state index in [0.29, 0.717) is 6.54 Å². The Morgan fingerprint density at radius 2 is 2.33 bits per heavy atom. The normalized spacial score (nSPS) is 18.6. The van der Waals surface area contributed by atoms with Gasteiger partial charge in [0.15, 0.2) is 0 Å². The van der Waals surface area contributed by atoms with E-state index in [2.05, 4.69) is 5.32 Å². The largest absolute Gasteiger partial charge is 0.324 e. The van der Waals surface area contributed by atoms with Gasteiger partial charge in [0.05, 0.1) is 0 Å². The number of nitrogens with one attached hydrogen (secondary N) is 1. The molecule has 0 aromatic heterocycles. The van der Waals surface area contributed by atoms with Crippen LogP contribution in [0.1, 0.15) is 6.92 Å². The monoisotopic (exact) mass is 128 g/mol. The number of carbonyl (C=O) groups excluding carboxylic acids is 2. The third-order valence-corrected chi connectivity index (χ3v) is 1.25. The molecule has 0 aromatic rings. The second-order valence-electron chi connectivity index (χ2n) is 1.87. The summed E-state index contributed by atoms with van der Waals surface area (Å²) in [7, 11) is 0. The first-order valence-corrected chi connectivity index (χ1v) is 2.82. The van der Waals surface area contributed by atoms with Crippen molar-refractivity contribution in [3.05, 3.63) is 0 Å². The number of amides is 3. The fraction of sp³-hybridized carbons (Fsp3) is 0.600. The van der Waals surface area contributed by atoms with E-state index in [-0.39, 0.29) is 18.5 Å². The van der Waals surface area contributed by atoms with Crippen LogP contribution in [0.4, 0.5) is 4.79 Å². The Labute approximate surface area is 52.8 Å². The van der Waals surface area contributed by atoms with Crippen LogP contribution >= 0.6 is 0 Å². The Morgan fingerprint density at radius 3 is 2.56 bits per heavy atom. The number of hydrogen-bond acceptors (Lipinski definition) is 2. The number of imide groups is 1. The van der Waals surface area contributed by atoms with Gasteiger partial charge in [0.2, 0.25) is 5.91 Å². The lowest BCUT2D eigenvalue weighted by Gasteiger charge is -2.06. The van der Waals surface area contributed by atoms with Crippen LogP contribution < -0.4 is 5.32 Å². The third kappa shape index (κ3) is 1.01. The van der Waals surface area contributed by atoms with Crippen LogP contribution in [0.2, 0.25) is 0 Å². The van der Waals surface area contributed by atoms with E-state index in [1.807, 2.05) is 6.92 Å². The summed E-state index contributed by atoms with van der Waals surface area (Å²) in [5, 5.41) is 2.17. The molecule has 1 saturated heterocycles. The molecule has 1 rings (SSSR count). The Hall–Kier alpha value is -1.06. The summed E-state index contributed by atoms with van der Waals surface area (Å²) in [5.41, 5.74) is 0. The van der Waals surface area contributed by atoms with Gasteiger partial charge in [-0.2, -0.15) is 0 Å². The van der Waals surface area contributed by atoms with Gasteiger partial charge in [-0.05, 0) is 6.92 Å². The number of urea groups is 1. The molecule has 0 saturated carbocycles. The minimum Gasteiger partial charge on any atom is -0.315 e. The molecule has 1 aliphatic rings. The van der Waals surface area contributed by atoms with Crippen LogP contribution in [0.5, 0.6) is 0 Å². The maximum atomic E-state index is 10.6. The van der Waals surface area contributed by atoms with Crippen molar-refractivity contribution in [3.8, 4) is 0 Å². The Bertz CT molecular complexity index is 155. The molecule has 1 heterocycles. The highest BCUT2D eigenvalue weighted by Crippen LogP contribution is 1.95. The van der Waals surface area contributed by atoms with Gasteiger partial charge in [-0.25, -0.2) is 4.79 Å². The van der Waals surface area contributed by atoms with Crippen LogP contribution in [0, 0.1) is 0 Å². The molecule has 0 atom stereocenters. The van der Waals surface area contributed by atoms with Crippen molar-refractivity contribution in [3.63, 3.8) is 0 Å². The number of carbonyl (C=O) groups is 2. The minimum absolute atomic E-state index is 0.207. The van der Waals surface area contributed by atoms with Gasteiger partial charge < -0.3 is 4.90 Å². The Balaban J connectivity index is 2.58. The van der Waals surface area contributed by atoms with E-state index in [1.54, 1.807) is 0 Å². The highest BCUT2D eigenvalue weighted by molar-refractivity contribution is 6.01. The SMILES string of the molecule is CCN1CC(=O)NC1=O. The summed E-state index contributed by atoms with van der Waals surface area (Å²) in [6, 6.07) is -0.275. The molecule has 0 unspecified atom stereocenters. The van der Waals surface area contributed by atoms with Crippen molar-refractivity contribution >= 4 is 11.9 Å². The molecule has 0 aliphatic carbocycles. The van der Waals surface area contributed by atoms with E-state index < -0.39 is 0 Å². The zero-order valence-electron chi connectivity index (χ0n) is 5.18. The average molecular weight is 128 g/mol. The lowest BCUT2D eigenvalue weighted by molar-refractivity contribution is -0.118. The summed E-state index contributed by atoms with van der Waals surface area (Å²) in [5.74, 6) is -0.207. The van der Waals surface area contributed by atoms with E-state index in [9.17, 15) is 9.59 Å². The van der Waals surface area contributed by atoms with Gasteiger partial charge in [0.25, 0.3) is 0 Å². The van der Waals surface area contributed by atoms with Crippen LogP contribution in [0.15, 0.2) is 0 Å². The summed E-state index contributed by atoms with van der Waals surface area (Å²) in [6.07, 6.45) is 0. The highest BCUT2D eigenvalue weighted by atomic mass is 16.2. The fourth-order valence-electron chi connectivity index (χ4n) is 0.738. The second-order valence-corrected chi connectivity index (χ2v) is 1.87. The van der Waals surface area contributed by atoms with Crippen LogP contribution in [0.3, 0.4) is 0 Å². The number of likely N-dealkylation sites (N-methyl/N-ethyl adjacent to an activating group) is 1. The molecule has 1 fully saturated rings. The quantitative estimate of drug-likeness (QED) is 0.486. The van der Waals surface area contributed by atoms with Gasteiger partial charge in [0.1, 0.15) is 6.54 Å². The van der Waals surface area contributed by atoms with Crippen molar-refractivity contribution < 1.29 is 9.59 Å². The molecule has 0 bridgehead atoms. The van der Waals surface area contributed by atoms with Crippen molar-refractivity contribution in [1.82, 2.24) is 10.2 Å². The van der Waals surface area contributed by atoms with Crippen molar-refractivity contribution in [2.75, 3.05) is 13.1 Å². The lowest BCUT2D eigenvalue weighted by atomic mass is 10.6. The van der Waals surface area contributed by atoms with Gasteiger partial charge >= 0.3 is 6.03 Å².